The van der Waals surface area contributed by atoms with Crippen LogP contribution >= 0.6 is 23.8 Å². The SMILES string of the molecule is COc1ccc(Oc2ccc(N3C(=S)N[C@H](c4ccccn4)[C@H]3c3ccc(-c4ccc(Cl)cc4)o3)cc2)cc1. The van der Waals surface area contributed by atoms with Gasteiger partial charge in [0.05, 0.1) is 18.8 Å². The zero-order valence-corrected chi connectivity index (χ0v) is 22.5. The predicted molar refractivity (Wildman–Crippen MR) is 157 cm³/mol. The monoisotopic (exact) mass is 553 g/mol. The number of furan rings is 1. The molecule has 194 valence electrons. The summed E-state index contributed by atoms with van der Waals surface area (Å²) in [7, 11) is 1.64. The van der Waals surface area contributed by atoms with E-state index in [4.69, 9.17) is 37.7 Å². The number of aromatic nitrogens is 1. The highest BCUT2D eigenvalue weighted by Crippen LogP contribution is 2.43. The van der Waals surface area contributed by atoms with Gasteiger partial charge in [-0.3, -0.25) is 4.98 Å². The van der Waals surface area contributed by atoms with Gasteiger partial charge < -0.3 is 24.1 Å². The Bertz CT molecular complexity index is 1570. The molecule has 1 N–H and O–H groups in total. The highest BCUT2D eigenvalue weighted by Gasteiger charge is 2.42. The number of thiocarbonyl (C=S) groups is 1. The van der Waals surface area contributed by atoms with E-state index in [1.807, 2.05) is 103 Å². The van der Waals surface area contributed by atoms with Crippen LogP contribution in [0.1, 0.15) is 23.5 Å². The maximum absolute atomic E-state index is 6.42. The lowest BCUT2D eigenvalue weighted by Gasteiger charge is -2.26. The summed E-state index contributed by atoms with van der Waals surface area (Å²) < 4.78 is 17.7. The molecule has 1 aliphatic rings. The van der Waals surface area contributed by atoms with Gasteiger partial charge in [0.25, 0.3) is 0 Å². The van der Waals surface area contributed by atoms with Crippen LogP contribution < -0.4 is 19.7 Å². The van der Waals surface area contributed by atoms with Crippen LogP contribution in [0.3, 0.4) is 0 Å². The van der Waals surface area contributed by atoms with E-state index in [0.29, 0.717) is 15.9 Å². The first-order valence-corrected chi connectivity index (χ1v) is 13.2. The Morgan fingerprint density at radius 2 is 1.54 bits per heavy atom. The number of nitrogens with one attached hydrogen (secondary N) is 1. The Labute approximate surface area is 236 Å². The fraction of sp³-hybridized carbons (Fsp3) is 0.0968. The maximum Gasteiger partial charge on any atom is 0.174 e. The summed E-state index contributed by atoms with van der Waals surface area (Å²) in [5.41, 5.74) is 2.72. The third kappa shape index (κ3) is 5.19. The fourth-order valence-corrected chi connectivity index (χ4v) is 5.13. The molecule has 1 saturated heterocycles. The summed E-state index contributed by atoms with van der Waals surface area (Å²) in [6.45, 7) is 0. The van der Waals surface area contributed by atoms with E-state index in [1.165, 1.54) is 0 Å². The average molecular weight is 554 g/mol. The molecule has 3 heterocycles. The van der Waals surface area contributed by atoms with Gasteiger partial charge in [0, 0.05) is 22.5 Å². The highest BCUT2D eigenvalue weighted by molar-refractivity contribution is 7.80. The van der Waals surface area contributed by atoms with Crippen LogP contribution in [0.4, 0.5) is 5.69 Å². The van der Waals surface area contributed by atoms with E-state index >= 15 is 0 Å². The lowest BCUT2D eigenvalue weighted by molar-refractivity contribution is 0.413. The molecule has 39 heavy (non-hydrogen) atoms. The number of rotatable bonds is 7. The molecule has 2 atom stereocenters. The van der Waals surface area contributed by atoms with Crippen molar-refractivity contribution >= 4 is 34.6 Å². The first-order chi connectivity index (χ1) is 19.1. The van der Waals surface area contributed by atoms with E-state index in [-0.39, 0.29) is 12.1 Å². The van der Waals surface area contributed by atoms with Crippen LogP contribution in [0.2, 0.25) is 5.02 Å². The molecule has 5 aromatic rings. The molecule has 6 rings (SSSR count). The van der Waals surface area contributed by atoms with E-state index in [2.05, 4.69) is 15.2 Å². The summed E-state index contributed by atoms with van der Waals surface area (Å²) in [4.78, 5) is 6.68. The number of halogens is 1. The van der Waals surface area contributed by atoms with E-state index in [1.54, 1.807) is 13.3 Å². The number of hydrogen-bond donors (Lipinski definition) is 1. The van der Waals surface area contributed by atoms with Crippen molar-refractivity contribution in [3.05, 3.63) is 126 Å². The van der Waals surface area contributed by atoms with Gasteiger partial charge in [0.1, 0.15) is 34.8 Å². The standard InChI is InChI=1S/C31H24ClN3O3S/c1-36-23-13-15-25(16-14-23)37-24-11-9-22(10-12-24)35-30(29(34-31(35)39)26-4-2-3-19-33-26)28-18-17-27(38-28)20-5-7-21(32)8-6-20/h2-19,29-30H,1H3,(H,34,39)/t29-,30-/m1/s1. The molecule has 0 unspecified atom stereocenters. The lowest BCUT2D eigenvalue weighted by Crippen LogP contribution is -2.29. The minimum absolute atomic E-state index is 0.210. The zero-order valence-electron chi connectivity index (χ0n) is 21.0. The Balaban J connectivity index is 1.32. The van der Waals surface area contributed by atoms with Crippen molar-refractivity contribution in [2.75, 3.05) is 12.0 Å². The van der Waals surface area contributed by atoms with Gasteiger partial charge >= 0.3 is 0 Å². The number of benzene rings is 3. The van der Waals surface area contributed by atoms with Gasteiger partial charge in [-0.1, -0.05) is 17.7 Å². The Hall–Kier alpha value is -4.33. The smallest absolute Gasteiger partial charge is 0.174 e. The zero-order chi connectivity index (χ0) is 26.8. The molecule has 3 aromatic carbocycles. The normalized spacial score (nSPS) is 16.7. The minimum atomic E-state index is -0.262. The molecule has 0 radical (unpaired) electrons. The second-order valence-electron chi connectivity index (χ2n) is 8.98. The molecule has 0 aliphatic carbocycles. The average Bonchev–Trinajstić information content (AvgIpc) is 3.59. The van der Waals surface area contributed by atoms with Crippen LogP contribution in [0, 0.1) is 0 Å². The number of methoxy groups -OCH3 is 1. The minimum Gasteiger partial charge on any atom is -0.497 e. The van der Waals surface area contributed by atoms with E-state index in [9.17, 15) is 0 Å². The first kappa shape index (κ1) is 25.0. The summed E-state index contributed by atoms with van der Waals surface area (Å²) in [5.74, 6) is 3.73. The third-order valence-electron chi connectivity index (χ3n) is 6.56. The Morgan fingerprint density at radius 1 is 0.846 bits per heavy atom. The van der Waals surface area contributed by atoms with Gasteiger partial charge in [-0.15, -0.1) is 0 Å². The number of ether oxygens (including phenoxy) is 2. The summed E-state index contributed by atoms with van der Waals surface area (Å²) in [6.07, 6.45) is 1.78. The molecule has 0 saturated carbocycles. The van der Waals surface area contributed by atoms with Gasteiger partial charge in [0.2, 0.25) is 0 Å². The van der Waals surface area contributed by atoms with Crippen molar-refractivity contribution in [2.45, 2.75) is 12.1 Å². The maximum atomic E-state index is 6.42. The largest absolute Gasteiger partial charge is 0.497 e. The van der Waals surface area contributed by atoms with Crippen molar-refractivity contribution in [1.82, 2.24) is 10.3 Å². The number of nitrogens with zero attached hydrogens (tertiary/aromatic N) is 2. The Morgan fingerprint density at radius 3 is 2.21 bits per heavy atom. The van der Waals surface area contributed by atoms with Crippen molar-refractivity contribution in [3.8, 4) is 28.6 Å². The van der Waals surface area contributed by atoms with Crippen LogP contribution in [0.5, 0.6) is 17.2 Å². The molecule has 1 fully saturated rings. The highest BCUT2D eigenvalue weighted by atomic mass is 35.5. The third-order valence-corrected chi connectivity index (χ3v) is 7.12. The van der Waals surface area contributed by atoms with Crippen molar-refractivity contribution in [2.24, 2.45) is 0 Å². The van der Waals surface area contributed by atoms with Crippen LogP contribution in [-0.2, 0) is 0 Å². The van der Waals surface area contributed by atoms with Crippen molar-refractivity contribution < 1.29 is 13.9 Å². The van der Waals surface area contributed by atoms with Gasteiger partial charge in [-0.05, 0) is 109 Å². The summed E-state index contributed by atoms with van der Waals surface area (Å²) in [5, 5.41) is 4.73. The second kappa shape index (κ2) is 10.8. The summed E-state index contributed by atoms with van der Waals surface area (Å²) >= 11 is 11.9. The summed E-state index contributed by atoms with van der Waals surface area (Å²) in [6, 6.07) is 32.2. The molecule has 6 nitrogen and oxygen atoms in total. The number of pyridine rings is 1. The quantitative estimate of drug-likeness (QED) is 0.205. The molecule has 0 bridgehead atoms. The predicted octanol–water partition coefficient (Wildman–Crippen LogP) is 7.97. The van der Waals surface area contributed by atoms with Crippen molar-refractivity contribution in [3.63, 3.8) is 0 Å². The Kier molecular flexibility index (Phi) is 6.92. The van der Waals surface area contributed by atoms with Crippen LogP contribution in [-0.4, -0.2) is 17.2 Å². The van der Waals surface area contributed by atoms with Crippen LogP contribution in [0.15, 0.2) is 114 Å². The molecular weight excluding hydrogens is 530 g/mol. The van der Waals surface area contributed by atoms with Gasteiger partial charge in [-0.2, -0.15) is 0 Å². The molecule has 2 aromatic heterocycles. The molecular formula is C31H24ClN3O3S. The van der Waals surface area contributed by atoms with Gasteiger partial charge in [-0.25, -0.2) is 0 Å². The number of anilines is 1. The van der Waals surface area contributed by atoms with Gasteiger partial charge in [0.15, 0.2) is 5.11 Å². The van der Waals surface area contributed by atoms with E-state index < -0.39 is 0 Å². The molecule has 8 heteroatoms. The fourth-order valence-electron chi connectivity index (χ4n) is 4.66. The van der Waals surface area contributed by atoms with Crippen molar-refractivity contribution in [1.29, 1.82) is 0 Å². The lowest BCUT2D eigenvalue weighted by atomic mass is 10.0. The topological polar surface area (TPSA) is 59.8 Å². The first-order valence-electron chi connectivity index (χ1n) is 12.4. The molecule has 0 amide bonds. The van der Waals surface area contributed by atoms with E-state index in [0.717, 1.165) is 40.0 Å². The molecule has 0 spiro atoms. The second-order valence-corrected chi connectivity index (χ2v) is 9.80. The number of hydrogen-bond acceptors (Lipinski definition) is 5. The van der Waals surface area contributed by atoms with Crippen LogP contribution in [0.25, 0.3) is 11.3 Å². The molecule has 1 aliphatic heterocycles.